The van der Waals surface area contributed by atoms with E-state index < -0.39 is 0 Å². The molecular formula is C14H22ClN. The van der Waals surface area contributed by atoms with E-state index in [1.54, 1.807) is 0 Å². The normalized spacial score (nSPS) is 10.8. The van der Waals surface area contributed by atoms with Gasteiger partial charge in [0, 0.05) is 16.8 Å². The summed E-state index contributed by atoms with van der Waals surface area (Å²) in [7, 11) is 0. The molecule has 2 heteroatoms. The molecule has 0 aliphatic rings. The summed E-state index contributed by atoms with van der Waals surface area (Å²) < 4.78 is 0. The highest BCUT2D eigenvalue weighted by molar-refractivity contribution is 6.31. The number of aryl methyl sites for hydroxylation is 1. The summed E-state index contributed by atoms with van der Waals surface area (Å²) in [6.45, 7) is 6.49. The van der Waals surface area contributed by atoms with Crippen molar-refractivity contribution in [2.75, 3.05) is 5.32 Å². The Morgan fingerprint density at radius 1 is 1.19 bits per heavy atom. The number of hydrogen-bond donors (Lipinski definition) is 1. The summed E-state index contributed by atoms with van der Waals surface area (Å²) in [6, 6.07) is 6.78. The summed E-state index contributed by atoms with van der Waals surface area (Å²) in [5, 5.41) is 4.41. The van der Waals surface area contributed by atoms with Crippen molar-refractivity contribution in [2.45, 2.75) is 52.5 Å². The summed E-state index contributed by atoms with van der Waals surface area (Å²) in [4.78, 5) is 0. The number of anilines is 1. The van der Waals surface area contributed by atoms with Crippen LogP contribution >= 0.6 is 11.6 Å². The van der Waals surface area contributed by atoms with Crippen LogP contribution in [0.25, 0.3) is 0 Å². The Bertz CT molecular complexity index is 317. The molecule has 1 nitrogen and oxygen atoms in total. The first kappa shape index (κ1) is 13.4. The molecular weight excluding hydrogens is 218 g/mol. The van der Waals surface area contributed by atoms with Crippen LogP contribution < -0.4 is 5.32 Å². The van der Waals surface area contributed by atoms with Crippen LogP contribution in [0.1, 0.15) is 45.1 Å². The van der Waals surface area contributed by atoms with Gasteiger partial charge >= 0.3 is 0 Å². The molecule has 0 spiro atoms. The average molecular weight is 240 g/mol. The third kappa shape index (κ3) is 4.05. The van der Waals surface area contributed by atoms with Gasteiger partial charge in [0.25, 0.3) is 0 Å². The van der Waals surface area contributed by atoms with E-state index in [1.807, 2.05) is 13.0 Å². The van der Waals surface area contributed by atoms with Gasteiger partial charge in [0.1, 0.15) is 0 Å². The summed E-state index contributed by atoms with van der Waals surface area (Å²) in [5.41, 5.74) is 2.28. The van der Waals surface area contributed by atoms with Crippen LogP contribution in [0.5, 0.6) is 0 Å². The van der Waals surface area contributed by atoms with Gasteiger partial charge in [-0.1, -0.05) is 44.4 Å². The Balaban J connectivity index is 2.65. The van der Waals surface area contributed by atoms with Crippen molar-refractivity contribution in [3.8, 4) is 0 Å². The molecule has 16 heavy (non-hydrogen) atoms. The first-order valence-electron chi connectivity index (χ1n) is 6.20. The Morgan fingerprint density at radius 2 is 1.81 bits per heavy atom. The summed E-state index contributed by atoms with van der Waals surface area (Å²) in [6.07, 6.45) is 4.88. The molecule has 90 valence electrons. The Morgan fingerprint density at radius 3 is 2.31 bits per heavy atom. The van der Waals surface area contributed by atoms with Gasteiger partial charge in [0.2, 0.25) is 0 Å². The van der Waals surface area contributed by atoms with Crippen molar-refractivity contribution < 1.29 is 0 Å². The highest BCUT2D eigenvalue weighted by Crippen LogP contribution is 2.22. The fourth-order valence-corrected chi connectivity index (χ4v) is 2.08. The van der Waals surface area contributed by atoms with Gasteiger partial charge in [-0.05, 0) is 37.5 Å². The lowest BCUT2D eigenvalue weighted by Gasteiger charge is -2.19. The van der Waals surface area contributed by atoms with Gasteiger partial charge in [0.05, 0.1) is 0 Å². The van der Waals surface area contributed by atoms with E-state index in [4.69, 9.17) is 11.6 Å². The molecule has 0 aliphatic carbocycles. The van der Waals surface area contributed by atoms with E-state index in [1.165, 1.54) is 25.7 Å². The third-order valence-corrected chi connectivity index (χ3v) is 3.22. The predicted molar refractivity (Wildman–Crippen MR) is 73.4 cm³/mol. The first-order valence-corrected chi connectivity index (χ1v) is 6.57. The van der Waals surface area contributed by atoms with Gasteiger partial charge in [0.15, 0.2) is 0 Å². The molecule has 1 N–H and O–H groups in total. The number of nitrogens with one attached hydrogen (secondary N) is 1. The maximum atomic E-state index is 6.11. The van der Waals surface area contributed by atoms with E-state index in [2.05, 4.69) is 31.3 Å². The second kappa shape index (κ2) is 6.80. The van der Waals surface area contributed by atoms with Crippen LogP contribution in [-0.4, -0.2) is 6.04 Å². The topological polar surface area (TPSA) is 12.0 Å². The van der Waals surface area contributed by atoms with Crippen molar-refractivity contribution in [3.05, 3.63) is 28.8 Å². The number of rotatable bonds is 6. The van der Waals surface area contributed by atoms with Crippen LogP contribution in [0.3, 0.4) is 0 Å². The number of benzene rings is 1. The smallest absolute Gasteiger partial charge is 0.0455 e. The van der Waals surface area contributed by atoms with E-state index in [0.717, 1.165) is 16.3 Å². The minimum Gasteiger partial charge on any atom is -0.382 e. The molecule has 0 unspecified atom stereocenters. The second-order valence-corrected chi connectivity index (χ2v) is 4.79. The molecule has 0 amide bonds. The number of halogens is 1. The van der Waals surface area contributed by atoms with Crippen molar-refractivity contribution in [1.82, 2.24) is 0 Å². The molecule has 0 radical (unpaired) electrons. The van der Waals surface area contributed by atoms with E-state index in [0.29, 0.717) is 6.04 Å². The standard InChI is InChI=1S/C14H22ClN/c1-4-6-12(7-5-2)16-13-9-8-11(3)14(15)10-13/h8-10,12,16H,4-7H2,1-3H3. The van der Waals surface area contributed by atoms with Crippen LogP contribution in [0, 0.1) is 6.92 Å². The maximum Gasteiger partial charge on any atom is 0.0455 e. The van der Waals surface area contributed by atoms with Gasteiger partial charge in [-0.3, -0.25) is 0 Å². The second-order valence-electron chi connectivity index (χ2n) is 4.38. The Labute approximate surface area is 104 Å². The van der Waals surface area contributed by atoms with Crippen molar-refractivity contribution in [1.29, 1.82) is 0 Å². The maximum absolute atomic E-state index is 6.11. The van der Waals surface area contributed by atoms with Gasteiger partial charge in [-0.2, -0.15) is 0 Å². The molecule has 1 rings (SSSR count). The molecule has 0 aliphatic heterocycles. The molecule has 0 atom stereocenters. The Hall–Kier alpha value is -0.690. The lowest BCUT2D eigenvalue weighted by molar-refractivity contribution is 0.586. The fraction of sp³-hybridized carbons (Fsp3) is 0.571. The van der Waals surface area contributed by atoms with Crippen molar-refractivity contribution >= 4 is 17.3 Å². The minimum atomic E-state index is 0.578. The number of hydrogen-bond acceptors (Lipinski definition) is 1. The molecule has 0 fully saturated rings. The van der Waals surface area contributed by atoms with E-state index >= 15 is 0 Å². The SMILES string of the molecule is CCCC(CCC)Nc1ccc(C)c(Cl)c1. The average Bonchev–Trinajstić information content (AvgIpc) is 2.24. The molecule has 0 bridgehead atoms. The van der Waals surface area contributed by atoms with Crippen molar-refractivity contribution in [3.63, 3.8) is 0 Å². The third-order valence-electron chi connectivity index (χ3n) is 2.82. The zero-order valence-corrected chi connectivity index (χ0v) is 11.3. The quantitative estimate of drug-likeness (QED) is 0.734. The minimum absolute atomic E-state index is 0.578. The molecule has 1 aromatic carbocycles. The van der Waals surface area contributed by atoms with Crippen LogP contribution in [-0.2, 0) is 0 Å². The molecule has 0 saturated heterocycles. The largest absolute Gasteiger partial charge is 0.382 e. The predicted octanol–water partition coefficient (Wildman–Crippen LogP) is 5.03. The molecule has 0 saturated carbocycles. The molecule has 0 heterocycles. The monoisotopic (exact) mass is 239 g/mol. The first-order chi connectivity index (χ1) is 7.67. The van der Waals surface area contributed by atoms with Gasteiger partial charge in [-0.25, -0.2) is 0 Å². The zero-order valence-electron chi connectivity index (χ0n) is 10.5. The van der Waals surface area contributed by atoms with Crippen LogP contribution in [0.2, 0.25) is 5.02 Å². The molecule has 0 aromatic heterocycles. The summed E-state index contributed by atoms with van der Waals surface area (Å²) in [5.74, 6) is 0. The van der Waals surface area contributed by atoms with Crippen LogP contribution in [0.15, 0.2) is 18.2 Å². The molecule has 1 aromatic rings. The van der Waals surface area contributed by atoms with E-state index in [-0.39, 0.29) is 0 Å². The lowest BCUT2D eigenvalue weighted by Crippen LogP contribution is -2.18. The fourth-order valence-electron chi connectivity index (χ4n) is 1.90. The van der Waals surface area contributed by atoms with Crippen molar-refractivity contribution in [2.24, 2.45) is 0 Å². The highest BCUT2D eigenvalue weighted by Gasteiger charge is 2.06. The van der Waals surface area contributed by atoms with Gasteiger partial charge < -0.3 is 5.32 Å². The lowest BCUT2D eigenvalue weighted by atomic mass is 10.1. The van der Waals surface area contributed by atoms with Crippen LogP contribution in [0.4, 0.5) is 5.69 Å². The Kier molecular flexibility index (Phi) is 5.68. The zero-order chi connectivity index (χ0) is 12.0. The summed E-state index contributed by atoms with van der Waals surface area (Å²) >= 11 is 6.11. The van der Waals surface area contributed by atoms with Gasteiger partial charge in [-0.15, -0.1) is 0 Å². The highest BCUT2D eigenvalue weighted by atomic mass is 35.5. The van der Waals surface area contributed by atoms with E-state index in [9.17, 15) is 0 Å².